The summed E-state index contributed by atoms with van der Waals surface area (Å²) >= 11 is 0. The predicted octanol–water partition coefficient (Wildman–Crippen LogP) is 1.22. The lowest BCUT2D eigenvalue weighted by molar-refractivity contribution is -0.135. The maximum atomic E-state index is 12.6. The molecule has 0 spiro atoms. The fourth-order valence-corrected chi connectivity index (χ4v) is 2.77. The van der Waals surface area contributed by atoms with Gasteiger partial charge in [0, 0.05) is 32.3 Å². The number of benzene rings is 1. The quantitative estimate of drug-likeness (QED) is 0.729. The Kier molecular flexibility index (Phi) is 7.32. The van der Waals surface area contributed by atoms with Crippen LogP contribution in [0.3, 0.4) is 0 Å². The first-order valence-corrected chi connectivity index (χ1v) is 7.97. The van der Waals surface area contributed by atoms with Crippen LogP contribution in [-0.2, 0) is 14.3 Å². The van der Waals surface area contributed by atoms with Crippen molar-refractivity contribution < 1.29 is 19.0 Å². The number of hydrogen-bond acceptors (Lipinski definition) is 5. The van der Waals surface area contributed by atoms with E-state index in [1.807, 2.05) is 29.2 Å². The topological polar surface area (TPSA) is 60.0 Å². The molecule has 0 bridgehead atoms. The summed E-state index contributed by atoms with van der Waals surface area (Å²) in [4.78, 5) is 14.5. The minimum absolute atomic E-state index is 0.00799. The van der Waals surface area contributed by atoms with Gasteiger partial charge < -0.3 is 24.4 Å². The van der Waals surface area contributed by atoms with Crippen molar-refractivity contribution in [3.8, 4) is 5.75 Å². The van der Waals surface area contributed by atoms with E-state index in [0.29, 0.717) is 32.8 Å². The van der Waals surface area contributed by atoms with Crippen LogP contribution in [0, 0.1) is 0 Å². The number of para-hydroxylation sites is 1. The number of rotatable bonds is 8. The van der Waals surface area contributed by atoms with E-state index in [2.05, 4.69) is 5.32 Å². The van der Waals surface area contributed by atoms with E-state index in [-0.39, 0.29) is 11.9 Å². The van der Waals surface area contributed by atoms with Crippen molar-refractivity contribution in [1.82, 2.24) is 10.2 Å². The highest BCUT2D eigenvalue weighted by Crippen LogP contribution is 2.30. The number of amides is 1. The zero-order chi connectivity index (χ0) is 16.5. The maximum Gasteiger partial charge on any atom is 0.225 e. The first kappa shape index (κ1) is 17.7. The summed E-state index contributed by atoms with van der Waals surface area (Å²) in [6, 6.07) is 7.86. The third kappa shape index (κ3) is 4.92. The molecule has 1 unspecified atom stereocenters. The molecule has 1 fully saturated rings. The molecule has 6 heteroatoms. The summed E-state index contributed by atoms with van der Waals surface area (Å²) in [6.45, 7) is 3.72. The van der Waals surface area contributed by atoms with E-state index in [1.54, 1.807) is 14.2 Å². The Morgan fingerprint density at radius 1 is 1.26 bits per heavy atom. The molecular formula is C17H26N2O4. The molecule has 23 heavy (non-hydrogen) atoms. The Morgan fingerprint density at radius 2 is 2.09 bits per heavy atom. The average molecular weight is 322 g/mol. The van der Waals surface area contributed by atoms with Crippen LogP contribution >= 0.6 is 0 Å². The number of nitrogens with zero attached hydrogens (tertiary/aromatic N) is 1. The van der Waals surface area contributed by atoms with Crippen LogP contribution in [0.4, 0.5) is 0 Å². The van der Waals surface area contributed by atoms with Gasteiger partial charge >= 0.3 is 0 Å². The Bertz CT molecular complexity index is 495. The van der Waals surface area contributed by atoms with Crippen LogP contribution in [0.2, 0.25) is 0 Å². The van der Waals surface area contributed by atoms with Gasteiger partial charge in [-0.1, -0.05) is 18.2 Å². The second-order valence-electron chi connectivity index (χ2n) is 5.40. The molecule has 1 aliphatic heterocycles. The first-order chi connectivity index (χ1) is 11.3. The fraction of sp³-hybridized carbons (Fsp3) is 0.588. The number of piperazine rings is 1. The molecule has 1 aromatic carbocycles. The van der Waals surface area contributed by atoms with Gasteiger partial charge in [0.2, 0.25) is 5.91 Å². The second kappa shape index (κ2) is 9.50. The van der Waals surface area contributed by atoms with Crippen molar-refractivity contribution in [2.45, 2.75) is 12.5 Å². The van der Waals surface area contributed by atoms with Crippen molar-refractivity contribution in [2.24, 2.45) is 0 Å². The smallest absolute Gasteiger partial charge is 0.225 e. The zero-order valence-electron chi connectivity index (χ0n) is 13.9. The van der Waals surface area contributed by atoms with Crippen LogP contribution < -0.4 is 10.1 Å². The van der Waals surface area contributed by atoms with Gasteiger partial charge in [0.25, 0.3) is 0 Å². The standard InChI is InChI=1S/C17H26N2O4/c1-21-11-12-23-10-7-17(20)19-9-8-18-13-15(19)14-5-3-4-6-16(14)22-2/h3-6,15,18H,7-13H2,1-2H3. The molecule has 1 aromatic rings. The number of nitrogens with one attached hydrogen (secondary N) is 1. The highest BCUT2D eigenvalue weighted by atomic mass is 16.5. The van der Waals surface area contributed by atoms with Gasteiger partial charge in [0.1, 0.15) is 5.75 Å². The lowest BCUT2D eigenvalue weighted by Gasteiger charge is -2.37. The molecule has 6 nitrogen and oxygen atoms in total. The van der Waals surface area contributed by atoms with Gasteiger partial charge in [-0.05, 0) is 6.07 Å². The van der Waals surface area contributed by atoms with Gasteiger partial charge in [0.15, 0.2) is 0 Å². The minimum atomic E-state index is -0.00799. The van der Waals surface area contributed by atoms with Gasteiger partial charge in [-0.15, -0.1) is 0 Å². The SMILES string of the molecule is COCCOCCC(=O)N1CCNCC1c1ccccc1OC. The highest BCUT2D eigenvalue weighted by molar-refractivity contribution is 5.77. The van der Waals surface area contributed by atoms with Gasteiger partial charge in [-0.2, -0.15) is 0 Å². The molecule has 0 saturated carbocycles. The van der Waals surface area contributed by atoms with Gasteiger partial charge in [0.05, 0.1) is 39.4 Å². The van der Waals surface area contributed by atoms with Crippen LogP contribution in [0.5, 0.6) is 5.75 Å². The molecular weight excluding hydrogens is 296 g/mol. The molecule has 1 aliphatic rings. The molecule has 1 heterocycles. The third-order valence-corrected chi connectivity index (χ3v) is 3.95. The Morgan fingerprint density at radius 3 is 2.87 bits per heavy atom. The van der Waals surface area contributed by atoms with E-state index in [4.69, 9.17) is 14.2 Å². The lowest BCUT2D eigenvalue weighted by Crippen LogP contribution is -2.49. The summed E-state index contributed by atoms with van der Waals surface area (Å²) in [7, 11) is 3.29. The highest BCUT2D eigenvalue weighted by Gasteiger charge is 2.29. The predicted molar refractivity (Wildman–Crippen MR) is 87.6 cm³/mol. The van der Waals surface area contributed by atoms with E-state index < -0.39 is 0 Å². The molecule has 1 amide bonds. The van der Waals surface area contributed by atoms with E-state index >= 15 is 0 Å². The number of ether oxygens (including phenoxy) is 3. The minimum Gasteiger partial charge on any atom is -0.496 e. The Labute approximate surface area is 137 Å². The van der Waals surface area contributed by atoms with E-state index in [0.717, 1.165) is 24.4 Å². The van der Waals surface area contributed by atoms with E-state index in [9.17, 15) is 4.79 Å². The number of carbonyl (C=O) groups excluding carboxylic acids is 1. The summed E-state index contributed by atoms with van der Waals surface area (Å²) < 4.78 is 15.8. The van der Waals surface area contributed by atoms with Crippen molar-refractivity contribution in [3.63, 3.8) is 0 Å². The zero-order valence-corrected chi connectivity index (χ0v) is 13.9. The summed E-state index contributed by atoms with van der Waals surface area (Å²) in [6.07, 6.45) is 0.384. The largest absolute Gasteiger partial charge is 0.496 e. The number of hydrogen-bond donors (Lipinski definition) is 1. The van der Waals surface area contributed by atoms with Crippen LogP contribution in [0.1, 0.15) is 18.0 Å². The lowest BCUT2D eigenvalue weighted by atomic mass is 10.0. The van der Waals surface area contributed by atoms with Crippen molar-refractivity contribution in [3.05, 3.63) is 29.8 Å². The van der Waals surface area contributed by atoms with Crippen molar-refractivity contribution >= 4 is 5.91 Å². The number of carbonyl (C=O) groups is 1. The molecule has 0 aliphatic carbocycles. The molecule has 0 radical (unpaired) electrons. The molecule has 128 valence electrons. The van der Waals surface area contributed by atoms with Crippen LogP contribution in [0.25, 0.3) is 0 Å². The normalized spacial score (nSPS) is 18.0. The molecule has 0 aromatic heterocycles. The average Bonchev–Trinajstić information content (AvgIpc) is 2.61. The second-order valence-corrected chi connectivity index (χ2v) is 5.40. The summed E-state index contributed by atoms with van der Waals surface area (Å²) in [5.41, 5.74) is 1.04. The van der Waals surface area contributed by atoms with Gasteiger partial charge in [-0.3, -0.25) is 4.79 Å². The van der Waals surface area contributed by atoms with Crippen molar-refractivity contribution in [2.75, 3.05) is 53.7 Å². The van der Waals surface area contributed by atoms with Crippen LogP contribution in [0.15, 0.2) is 24.3 Å². The third-order valence-electron chi connectivity index (χ3n) is 3.95. The molecule has 2 rings (SSSR count). The van der Waals surface area contributed by atoms with Gasteiger partial charge in [-0.25, -0.2) is 0 Å². The summed E-state index contributed by atoms with van der Waals surface area (Å²) in [5, 5.41) is 3.36. The first-order valence-electron chi connectivity index (χ1n) is 7.97. The summed E-state index contributed by atoms with van der Waals surface area (Å²) in [5.74, 6) is 0.926. The van der Waals surface area contributed by atoms with Crippen LogP contribution in [-0.4, -0.2) is 64.5 Å². The molecule has 1 N–H and O–H groups in total. The van der Waals surface area contributed by atoms with Crippen molar-refractivity contribution in [1.29, 1.82) is 0 Å². The fourth-order valence-electron chi connectivity index (χ4n) is 2.77. The van der Waals surface area contributed by atoms with E-state index in [1.165, 1.54) is 0 Å². The molecule has 1 saturated heterocycles. The maximum absolute atomic E-state index is 12.6. The number of methoxy groups -OCH3 is 2. The monoisotopic (exact) mass is 322 g/mol. The Hall–Kier alpha value is -1.63. The molecule has 1 atom stereocenters. The Balaban J connectivity index is 1.99.